The van der Waals surface area contributed by atoms with Gasteiger partial charge < -0.3 is 10.0 Å². The Hall–Kier alpha value is -1.42. The zero-order valence-corrected chi connectivity index (χ0v) is 9.70. The first-order valence-electron chi connectivity index (χ1n) is 5.11. The van der Waals surface area contributed by atoms with Crippen LogP contribution in [0.5, 0.6) is 0 Å². The van der Waals surface area contributed by atoms with Gasteiger partial charge in [-0.05, 0) is 31.5 Å². The Labute approximate surface area is 94.5 Å². The lowest BCUT2D eigenvalue weighted by Gasteiger charge is -2.23. The maximum Gasteiger partial charge on any atom is 0.254 e. The molecule has 0 spiro atoms. The smallest absolute Gasteiger partial charge is 0.254 e. The lowest BCUT2D eigenvalue weighted by molar-refractivity contribution is 0.0681. The molecule has 1 aromatic carbocycles. The summed E-state index contributed by atoms with van der Waals surface area (Å²) in [6, 6.07) is 4.09. The third-order valence-electron chi connectivity index (χ3n) is 2.66. The van der Waals surface area contributed by atoms with Crippen molar-refractivity contribution >= 4 is 5.91 Å². The largest absolute Gasteiger partial charge is 0.394 e. The normalized spacial score (nSPS) is 12.3. The van der Waals surface area contributed by atoms with Crippen LogP contribution in [0, 0.1) is 12.7 Å². The third-order valence-corrected chi connectivity index (χ3v) is 2.66. The molecule has 1 N–H and O–H groups in total. The van der Waals surface area contributed by atoms with E-state index >= 15 is 0 Å². The Bertz CT molecular complexity index is 393. The van der Waals surface area contributed by atoms with E-state index in [2.05, 4.69) is 0 Å². The number of carbonyl (C=O) groups excluding carboxylic acids is 1. The molecule has 0 saturated carbocycles. The highest BCUT2D eigenvalue weighted by Gasteiger charge is 2.17. The zero-order valence-electron chi connectivity index (χ0n) is 9.70. The Morgan fingerprint density at radius 3 is 2.69 bits per heavy atom. The van der Waals surface area contributed by atoms with Gasteiger partial charge in [-0.1, -0.05) is 6.07 Å². The molecule has 0 bridgehead atoms. The first-order valence-corrected chi connectivity index (χ1v) is 5.11. The summed E-state index contributed by atoms with van der Waals surface area (Å²) in [6.45, 7) is 3.25. The summed E-state index contributed by atoms with van der Waals surface area (Å²) in [5, 5.41) is 8.93. The van der Waals surface area contributed by atoms with Crippen molar-refractivity contribution in [2.45, 2.75) is 19.9 Å². The molecule has 88 valence electrons. The van der Waals surface area contributed by atoms with Gasteiger partial charge in [-0.3, -0.25) is 4.79 Å². The number of hydrogen-bond acceptors (Lipinski definition) is 2. The highest BCUT2D eigenvalue weighted by atomic mass is 19.1. The second kappa shape index (κ2) is 5.07. The molecule has 0 aliphatic rings. The SMILES string of the molecule is Cc1ccc(C(=O)N(C)C(C)CO)cc1F. The number of benzene rings is 1. The summed E-state index contributed by atoms with van der Waals surface area (Å²) in [4.78, 5) is 13.2. The molecule has 0 fully saturated rings. The van der Waals surface area contributed by atoms with Gasteiger partial charge in [0, 0.05) is 12.6 Å². The second-order valence-electron chi connectivity index (χ2n) is 3.91. The summed E-state index contributed by atoms with van der Waals surface area (Å²) in [7, 11) is 1.58. The molecule has 1 unspecified atom stereocenters. The first-order chi connectivity index (χ1) is 7.47. The fourth-order valence-electron chi connectivity index (χ4n) is 1.25. The highest BCUT2D eigenvalue weighted by Crippen LogP contribution is 2.12. The Morgan fingerprint density at radius 2 is 2.19 bits per heavy atom. The van der Waals surface area contributed by atoms with Crippen LogP contribution in [-0.2, 0) is 0 Å². The van der Waals surface area contributed by atoms with Crippen LogP contribution in [0.1, 0.15) is 22.8 Å². The first kappa shape index (κ1) is 12.6. The molecule has 1 atom stereocenters. The van der Waals surface area contributed by atoms with Crippen molar-refractivity contribution in [1.29, 1.82) is 0 Å². The molecule has 4 heteroatoms. The van der Waals surface area contributed by atoms with Crippen molar-refractivity contribution < 1.29 is 14.3 Å². The van der Waals surface area contributed by atoms with Crippen LogP contribution in [0.2, 0.25) is 0 Å². The van der Waals surface area contributed by atoms with E-state index in [0.29, 0.717) is 11.1 Å². The van der Waals surface area contributed by atoms with E-state index in [-0.39, 0.29) is 18.6 Å². The van der Waals surface area contributed by atoms with Crippen LogP contribution in [0.15, 0.2) is 18.2 Å². The number of nitrogens with zero attached hydrogens (tertiary/aromatic N) is 1. The van der Waals surface area contributed by atoms with Crippen LogP contribution in [-0.4, -0.2) is 35.6 Å². The number of amides is 1. The van der Waals surface area contributed by atoms with Gasteiger partial charge in [0.05, 0.1) is 12.6 Å². The topological polar surface area (TPSA) is 40.5 Å². The fourth-order valence-corrected chi connectivity index (χ4v) is 1.25. The van der Waals surface area contributed by atoms with Gasteiger partial charge in [0.25, 0.3) is 5.91 Å². The lowest BCUT2D eigenvalue weighted by atomic mass is 10.1. The van der Waals surface area contributed by atoms with Crippen molar-refractivity contribution in [2.24, 2.45) is 0 Å². The number of hydrogen-bond donors (Lipinski definition) is 1. The van der Waals surface area contributed by atoms with Gasteiger partial charge in [-0.25, -0.2) is 4.39 Å². The molecule has 0 aliphatic heterocycles. The Balaban J connectivity index is 2.92. The van der Waals surface area contributed by atoms with Gasteiger partial charge >= 0.3 is 0 Å². The highest BCUT2D eigenvalue weighted by molar-refractivity contribution is 5.94. The van der Waals surface area contributed by atoms with E-state index in [1.807, 2.05) is 0 Å². The molecule has 0 aromatic heterocycles. The van der Waals surface area contributed by atoms with Gasteiger partial charge in [-0.15, -0.1) is 0 Å². The molecular formula is C12H16FNO2. The van der Waals surface area contributed by atoms with Crippen molar-refractivity contribution in [1.82, 2.24) is 4.90 Å². The molecular weight excluding hydrogens is 209 g/mol. The van der Waals surface area contributed by atoms with Crippen molar-refractivity contribution in [3.05, 3.63) is 35.1 Å². The third kappa shape index (κ3) is 2.58. The molecule has 1 amide bonds. The van der Waals surface area contributed by atoms with Crippen LogP contribution < -0.4 is 0 Å². The fraction of sp³-hybridized carbons (Fsp3) is 0.417. The number of carbonyl (C=O) groups is 1. The van der Waals surface area contributed by atoms with E-state index in [1.165, 1.54) is 11.0 Å². The Kier molecular flexibility index (Phi) is 4.01. The van der Waals surface area contributed by atoms with Crippen LogP contribution >= 0.6 is 0 Å². The molecule has 1 aromatic rings. The quantitative estimate of drug-likeness (QED) is 0.848. The summed E-state index contributed by atoms with van der Waals surface area (Å²) in [6.07, 6.45) is 0. The zero-order chi connectivity index (χ0) is 12.3. The monoisotopic (exact) mass is 225 g/mol. The van der Waals surface area contributed by atoms with E-state index in [1.54, 1.807) is 33.0 Å². The number of likely N-dealkylation sites (N-methyl/N-ethyl adjacent to an activating group) is 1. The average Bonchev–Trinajstić information content (AvgIpc) is 2.29. The van der Waals surface area contributed by atoms with E-state index < -0.39 is 5.82 Å². The van der Waals surface area contributed by atoms with Gasteiger partial charge in [0.2, 0.25) is 0 Å². The summed E-state index contributed by atoms with van der Waals surface area (Å²) in [5.74, 6) is -0.684. The number of aliphatic hydroxyl groups is 1. The number of halogens is 1. The van der Waals surface area contributed by atoms with Crippen LogP contribution in [0.25, 0.3) is 0 Å². The van der Waals surface area contributed by atoms with E-state index in [0.717, 1.165) is 0 Å². The average molecular weight is 225 g/mol. The number of rotatable bonds is 3. The molecule has 16 heavy (non-hydrogen) atoms. The second-order valence-corrected chi connectivity index (χ2v) is 3.91. The Morgan fingerprint density at radius 1 is 1.56 bits per heavy atom. The number of aliphatic hydroxyl groups excluding tert-OH is 1. The summed E-state index contributed by atoms with van der Waals surface area (Å²) in [5.41, 5.74) is 0.806. The van der Waals surface area contributed by atoms with Gasteiger partial charge in [0.1, 0.15) is 5.82 Å². The summed E-state index contributed by atoms with van der Waals surface area (Å²) < 4.78 is 13.3. The van der Waals surface area contributed by atoms with E-state index in [9.17, 15) is 9.18 Å². The maximum atomic E-state index is 13.3. The van der Waals surface area contributed by atoms with Crippen molar-refractivity contribution in [2.75, 3.05) is 13.7 Å². The van der Waals surface area contributed by atoms with Gasteiger partial charge in [0.15, 0.2) is 0 Å². The van der Waals surface area contributed by atoms with E-state index in [4.69, 9.17) is 5.11 Å². The van der Waals surface area contributed by atoms with Gasteiger partial charge in [-0.2, -0.15) is 0 Å². The van der Waals surface area contributed by atoms with Crippen molar-refractivity contribution in [3.63, 3.8) is 0 Å². The standard InChI is InChI=1S/C12H16FNO2/c1-8-4-5-10(6-11(8)13)12(16)14(3)9(2)7-15/h4-6,9,15H,7H2,1-3H3. The molecule has 0 radical (unpaired) electrons. The number of aryl methyl sites for hydroxylation is 1. The molecule has 1 rings (SSSR count). The minimum absolute atomic E-state index is 0.115. The minimum atomic E-state index is -0.393. The minimum Gasteiger partial charge on any atom is -0.394 e. The predicted molar refractivity (Wildman–Crippen MR) is 59.8 cm³/mol. The predicted octanol–water partition coefficient (Wildman–Crippen LogP) is 1.59. The van der Waals surface area contributed by atoms with Crippen molar-refractivity contribution in [3.8, 4) is 0 Å². The van der Waals surface area contributed by atoms with Crippen LogP contribution in [0.3, 0.4) is 0 Å². The molecule has 0 saturated heterocycles. The molecule has 0 aliphatic carbocycles. The van der Waals surface area contributed by atoms with Crippen LogP contribution in [0.4, 0.5) is 4.39 Å². The lowest BCUT2D eigenvalue weighted by Crippen LogP contribution is -2.37. The molecule has 3 nitrogen and oxygen atoms in total. The maximum absolute atomic E-state index is 13.3. The summed E-state index contributed by atoms with van der Waals surface area (Å²) >= 11 is 0. The molecule has 0 heterocycles.